The lowest BCUT2D eigenvalue weighted by Gasteiger charge is -2.23. The second-order valence-electron chi connectivity index (χ2n) is 5.03. The minimum atomic E-state index is -0.428. The Hall–Kier alpha value is -2.02. The van der Waals surface area contributed by atoms with Crippen molar-refractivity contribution in [2.45, 2.75) is 38.1 Å². The Balaban J connectivity index is 1.78. The van der Waals surface area contributed by atoms with Gasteiger partial charge in [-0.05, 0) is 42.8 Å². The van der Waals surface area contributed by atoms with Gasteiger partial charge in [0, 0.05) is 18.2 Å². The molecule has 1 aliphatic rings. The van der Waals surface area contributed by atoms with Gasteiger partial charge in [0.05, 0.1) is 11.1 Å². The number of thiocarbonyl (C=S) groups is 1. The van der Waals surface area contributed by atoms with Gasteiger partial charge in [0.1, 0.15) is 0 Å². The van der Waals surface area contributed by atoms with E-state index in [-0.39, 0.29) is 5.69 Å². The highest BCUT2D eigenvalue weighted by Crippen LogP contribution is 2.17. The molecule has 0 unspecified atom stereocenters. The average Bonchev–Trinajstić information content (AvgIpc) is 2.49. The number of non-ortho nitro benzene ring substituents is 1. The fraction of sp³-hybridized carbons (Fsp3) is 0.429. The molecule has 0 saturated heterocycles. The molecule has 2 rings (SSSR count). The summed E-state index contributed by atoms with van der Waals surface area (Å²) in [6, 6.07) is 6.61. The molecule has 1 saturated carbocycles. The molecule has 21 heavy (non-hydrogen) atoms. The van der Waals surface area contributed by atoms with E-state index in [4.69, 9.17) is 12.2 Å². The predicted octanol–water partition coefficient (Wildman–Crippen LogP) is 2.73. The quantitative estimate of drug-likeness (QED) is 0.387. The van der Waals surface area contributed by atoms with Crippen LogP contribution in [0.15, 0.2) is 29.4 Å². The van der Waals surface area contributed by atoms with Crippen molar-refractivity contribution in [2.75, 3.05) is 0 Å². The highest BCUT2D eigenvalue weighted by Gasteiger charge is 2.13. The van der Waals surface area contributed by atoms with Gasteiger partial charge in [0.15, 0.2) is 5.11 Å². The maximum Gasteiger partial charge on any atom is 0.269 e. The number of hydrogen-bond donors (Lipinski definition) is 2. The lowest BCUT2D eigenvalue weighted by atomic mass is 9.96. The Labute approximate surface area is 128 Å². The zero-order chi connectivity index (χ0) is 15.1. The minimum absolute atomic E-state index is 0.0644. The summed E-state index contributed by atoms with van der Waals surface area (Å²) >= 11 is 5.18. The fourth-order valence-electron chi connectivity index (χ4n) is 2.31. The summed E-state index contributed by atoms with van der Waals surface area (Å²) in [7, 11) is 0. The van der Waals surface area contributed by atoms with E-state index in [9.17, 15) is 10.1 Å². The predicted molar refractivity (Wildman–Crippen MR) is 86.4 cm³/mol. The molecule has 112 valence electrons. The molecule has 2 N–H and O–H groups in total. The molecule has 0 amide bonds. The van der Waals surface area contributed by atoms with Crippen LogP contribution < -0.4 is 10.7 Å². The van der Waals surface area contributed by atoms with Crippen LogP contribution in [0.5, 0.6) is 0 Å². The maximum absolute atomic E-state index is 10.5. The summed E-state index contributed by atoms with van der Waals surface area (Å²) in [5, 5.41) is 18.3. The molecule has 0 aromatic heterocycles. The SMILES string of the molecule is O=[N+]([O-])c1ccc(/C=N/NC(=S)NC2CCCCC2)cc1. The van der Waals surface area contributed by atoms with Crippen molar-refractivity contribution < 1.29 is 4.92 Å². The van der Waals surface area contributed by atoms with E-state index < -0.39 is 4.92 Å². The molecule has 0 bridgehead atoms. The van der Waals surface area contributed by atoms with E-state index in [1.807, 2.05) is 0 Å². The first-order valence-corrected chi connectivity index (χ1v) is 7.40. The van der Waals surface area contributed by atoms with Crippen molar-refractivity contribution in [1.29, 1.82) is 0 Å². The van der Waals surface area contributed by atoms with Gasteiger partial charge in [-0.15, -0.1) is 0 Å². The largest absolute Gasteiger partial charge is 0.359 e. The van der Waals surface area contributed by atoms with Crippen molar-refractivity contribution in [2.24, 2.45) is 5.10 Å². The number of rotatable bonds is 4. The Kier molecular flexibility index (Phi) is 5.62. The number of benzene rings is 1. The van der Waals surface area contributed by atoms with Crippen LogP contribution in [0.25, 0.3) is 0 Å². The second-order valence-corrected chi connectivity index (χ2v) is 5.44. The monoisotopic (exact) mass is 306 g/mol. The van der Waals surface area contributed by atoms with Gasteiger partial charge in [-0.1, -0.05) is 19.3 Å². The van der Waals surface area contributed by atoms with Gasteiger partial charge in [-0.2, -0.15) is 5.10 Å². The van der Waals surface area contributed by atoms with Crippen LogP contribution in [-0.4, -0.2) is 22.3 Å². The molecule has 7 heteroatoms. The first-order valence-electron chi connectivity index (χ1n) is 6.99. The number of hydrazone groups is 1. The summed E-state index contributed by atoms with van der Waals surface area (Å²) in [4.78, 5) is 10.1. The van der Waals surface area contributed by atoms with Crippen molar-refractivity contribution in [3.05, 3.63) is 39.9 Å². The topological polar surface area (TPSA) is 79.6 Å². The lowest BCUT2D eigenvalue weighted by Crippen LogP contribution is -2.40. The molecule has 6 nitrogen and oxygen atoms in total. The van der Waals surface area contributed by atoms with Crippen LogP contribution in [0.1, 0.15) is 37.7 Å². The number of nitrogens with one attached hydrogen (secondary N) is 2. The molecule has 1 fully saturated rings. The van der Waals surface area contributed by atoms with Crippen LogP contribution in [0.2, 0.25) is 0 Å². The zero-order valence-electron chi connectivity index (χ0n) is 11.6. The van der Waals surface area contributed by atoms with Crippen molar-refractivity contribution in [3.63, 3.8) is 0 Å². The molecule has 0 aliphatic heterocycles. The summed E-state index contributed by atoms with van der Waals surface area (Å²) in [6.07, 6.45) is 7.66. The molecule has 1 aromatic rings. The van der Waals surface area contributed by atoms with Gasteiger partial charge in [-0.25, -0.2) is 0 Å². The van der Waals surface area contributed by atoms with Crippen molar-refractivity contribution in [1.82, 2.24) is 10.7 Å². The van der Waals surface area contributed by atoms with E-state index in [0.29, 0.717) is 11.2 Å². The normalized spacial score (nSPS) is 15.8. The van der Waals surface area contributed by atoms with Gasteiger partial charge in [-0.3, -0.25) is 15.5 Å². The molecule has 1 aromatic carbocycles. The number of nitro groups is 1. The Morgan fingerprint density at radius 2 is 1.95 bits per heavy atom. The van der Waals surface area contributed by atoms with Crippen LogP contribution in [-0.2, 0) is 0 Å². The molecular weight excluding hydrogens is 288 g/mol. The average molecular weight is 306 g/mol. The van der Waals surface area contributed by atoms with Crippen LogP contribution in [0.4, 0.5) is 5.69 Å². The second kappa shape index (κ2) is 7.68. The summed E-state index contributed by atoms with van der Waals surface area (Å²) < 4.78 is 0. The molecule has 0 radical (unpaired) electrons. The summed E-state index contributed by atoms with van der Waals surface area (Å²) in [5.41, 5.74) is 3.61. The van der Waals surface area contributed by atoms with Gasteiger partial charge in [0.2, 0.25) is 0 Å². The van der Waals surface area contributed by atoms with E-state index >= 15 is 0 Å². The van der Waals surface area contributed by atoms with Gasteiger partial charge in [0.25, 0.3) is 5.69 Å². The Morgan fingerprint density at radius 1 is 1.29 bits per heavy atom. The van der Waals surface area contributed by atoms with E-state index in [2.05, 4.69) is 15.8 Å². The van der Waals surface area contributed by atoms with Crippen LogP contribution >= 0.6 is 12.2 Å². The third-order valence-electron chi connectivity index (χ3n) is 3.42. The smallest absolute Gasteiger partial charge is 0.269 e. The molecular formula is C14H18N4O2S. The molecule has 0 heterocycles. The lowest BCUT2D eigenvalue weighted by molar-refractivity contribution is -0.384. The Morgan fingerprint density at radius 3 is 2.57 bits per heavy atom. The van der Waals surface area contributed by atoms with E-state index in [1.54, 1.807) is 18.3 Å². The first-order chi connectivity index (χ1) is 10.1. The van der Waals surface area contributed by atoms with Crippen molar-refractivity contribution in [3.8, 4) is 0 Å². The summed E-state index contributed by atoms with van der Waals surface area (Å²) in [5.74, 6) is 0. The van der Waals surface area contributed by atoms with Crippen LogP contribution in [0, 0.1) is 10.1 Å². The van der Waals surface area contributed by atoms with Crippen molar-refractivity contribution >= 4 is 29.2 Å². The number of nitro benzene ring substituents is 1. The van der Waals surface area contributed by atoms with Crippen LogP contribution in [0.3, 0.4) is 0 Å². The molecule has 0 spiro atoms. The third kappa shape index (κ3) is 5.11. The van der Waals surface area contributed by atoms with Gasteiger partial charge >= 0.3 is 0 Å². The Bertz CT molecular complexity index is 524. The molecule has 1 aliphatic carbocycles. The third-order valence-corrected chi connectivity index (χ3v) is 3.63. The van der Waals surface area contributed by atoms with E-state index in [0.717, 1.165) is 18.4 Å². The molecule has 0 atom stereocenters. The fourth-order valence-corrected chi connectivity index (χ4v) is 2.53. The highest BCUT2D eigenvalue weighted by molar-refractivity contribution is 7.80. The first kappa shape index (κ1) is 15.4. The zero-order valence-corrected chi connectivity index (χ0v) is 12.4. The highest BCUT2D eigenvalue weighted by atomic mass is 32.1. The van der Waals surface area contributed by atoms with E-state index in [1.165, 1.54) is 31.4 Å². The van der Waals surface area contributed by atoms with Gasteiger partial charge < -0.3 is 5.32 Å². The summed E-state index contributed by atoms with van der Waals surface area (Å²) in [6.45, 7) is 0. The maximum atomic E-state index is 10.5. The number of hydrogen-bond acceptors (Lipinski definition) is 4. The minimum Gasteiger partial charge on any atom is -0.359 e. The number of nitrogens with zero attached hydrogens (tertiary/aromatic N) is 2. The standard InChI is InChI=1S/C14H18N4O2S/c19-18(20)13-8-6-11(7-9-13)10-15-17-14(21)16-12-4-2-1-3-5-12/h6-10,12H,1-5H2,(H2,16,17,21)/b15-10+.